The fraction of sp³-hybridized carbons (Fsp3) is 0.417. The molecule has 0 aliphatic carbocycles. The molecule has 1 aromatic rings. The minimum Gasteiger partial charge on any atom is -0.489 e. The summed E-state index contributed by atoms with van der Waals surface area (Å²) < 4.78 is 6.61. The summed E-state index contributed by atoms with van der Waals surface area (Å²) in [5.74, 6) is 0.631. The molecule has 0 fully saturated rings. The molecule has 1 aliphatic rings. The Kier molecular flexibility index (Phi) is 2.93. The van der Waals surface area contributed by atoms with Crippen molar-refractivity contribution in [1.82, 2.24) is 0 Å². The van der Waals surface area contributed by atoms with Gasteiger partial charge in [0, 0.05) is 0 Å². The van der Waals surface area contributed by atoms with Crippen LogP contribution in [0.15, 0.2) is 10.5 Å². The molecule has 0 spiro atoms. The van der Waals surface area contributed by atoms with Gasteiger partial charge in [0.15, 0.2) is 5.75 Å². The van der Waals surface area contributed by atoms with Crippen LogP contribution in [0.1, 0.15) is 18.1 Å². The lowest BCUT2D eigenvalue weighted by molar-refractivity contribution is -0.119. The zero-order chi connectivity index (χ0) is 11.9. The van der Waals surface area contributed by atoms with Gasteiger partial charge in [-0.05, 0) is 40.9 Å². The summed E-state index contributed by atoms with van der Waals surface area (Å²) >= 11 is 3.50. The molecule has 1 N–H and O–H groups in total. The van der Waals surface area contributed by atoms with Crippen LogP contribution in [0, 0.1) is 19.8 Å². The number of hydrogen-bond acceptors (Lipinski definition) is 2. The van der Waals surface area contributed by atoms with Crippen LogP contribution in [0.2, 0.25) is 0 Å². The standard InChI is InChI=1S/C12H14BrNO2/c1-6-4-7(2)10-11(9(6)13)16-5-8(3)12(15)14-10/h4,8H,5H2,1-3H3,(H,14,15). The second-order valence-electron chi connectivity index (χ2n) is 4.23. The number of amides is 1. The first-order valence-electron chi connectivity index (χ1n) is 5.24. The number of halogens is 1. The van der Waals surface area contributed by atoms with Crippen molar-refractivity contribution in [3.63, 3.8) is 0 Å². The van der Waals surface area contributed by atoms with Crippen LogP contribution < -0.4 is 10.1 Å². The molecule has 0 aromatic heterocycles. The highest BCUT2D eigenvalue weighted by molar-refractivity contribution is 9.10. The molecule has 1 unspecified atom stereocenters. The van der Waals surface area contributed by atoms with E-state index in [0.717, 1.165) is 27.0 Å². The van der Waals surface area contributed by atoms with Gasteiger partial charge in [0.2, 0.25) is 5.91 Å². The number of fused-ring (bicyclic) bond motifs is 1. The molecule has 86 valence electrons. The molecule has 0 bridgehead atoms. The Morgan fingerprint density at radius 3 is 2.81 bits per heavy atom. The number of nitrogens with one attached hydrogen (secondary N) is 1. The van der Waals surface area contributed by atoms with Gasteiger partial charge in [0.25, 0.3) is 0 Å². The molecule has 0 saturated heterocycles. The monoisotopic (exact) mass is 283 g/mol. The van der Waals surface area contributed by atoms with Crippen LogP contribution in [0.4, 0.5) is 5.69 Å². The third-order valence-corrected chi connectivity index (χ3v) is 3.76. The number of benzene rings is 1. The second-order valence-corrected chi connectivity index (χ2v) is 5.02. The normalized spacial score (nSPS) is 19.5. The Hall–Kier alpha value is -1.03. The number of ether oxygens (including phenoxy) is 1. The van der Waals surface area contributed by atoms with E-state index >= 15 is 0 Å². The Morgan fingerprint density at radius 1 is 1.44 bits per heavy atom. The van der Waals surface area contributed by atoms with Crippen molar-refractivity contribution >= 4 is 27.5 Å². The van der Waals surface area contributed by atoms with Crippen LogP contribution in [-0.2, 0) is 4.79 Å². The van der Waals surface area contributed by atoms with Crippen molar-refractivity contribution in [3.05, 3.63) is 21.7 Å². The topological polar surface area (TPSA) is 38.3 Å². The molecule has 0 radical (unpaired) electrons. The molecule has 0 saturated carbocycles. The lowest BCUT2D eigenvalue weighted by Gasteiger charge is -2.13. The predicted molar refractivity (Wildman–Crippen MR) is 66.9 cm³/mol. The fourth-order valence-electron chi connectivity index (χ4n) is 1.75. The van der Waals surface area contributed by atoms with Crippen molar-refractivity contribution in [2.24, 2.45) is 5.92 Å². The molecule has 1 aromatic carbocycles. The summed E-state index contributed by atoms with van der Waals surface area (Å²) in [5, 5.41) is 2.91. The lowest BCUT2D eigenvalue weighted by atomic mass is 10.1. The lowest BCUT2D eigenvalue weighted by Crippen LogP contribution is -2.22. The first-order chi connectivity index (χ1) is 7.50. The van der Waals surface area contributed by atoms with Gasteiger partial charge in [-0.3, -0.25) is 4.79 Å². The van der Waals surface area contributed by atoms with Crippen molar-refractivity contribution < 1.29 is 9.53 Å². The van der Waals surface area contributed by atoms with Crippen LogP contribution in [0.25, 0.3) is 0 Å². The van der Waals surface area contributed by atoms with E-state index in [2.05, 4.69) is 21.2 Å². The van der Waals surface area contributed by atoms with E-state index in [4.69, 9.17) is 4.74 Å². The molecule has 2 rings (SSSR count). The van der Waals surface area contributed by atoms with E-state index in [1.165, 1.54) is 0 Å². The summed E-state index contributed by atoms with van der Waals surface area (Å²) in [5.41, 5.74) is 2.92. The Balaban J connectivity index is 2.57. The molecule has 1 amide bonds. The first kappa shape index (κ1) is 11.5. The molecule has 4 heteroatoms. The fourth-order valence-corrected chi connectivity index (χ4v) is 2.18. The van der Waals surface area contributed by atoms with E-state index in [0.29, 0.717) is 6.61 Å². The molecule has 1 heterocycles. The Morgan fingerprint density at radius 2 is 2.12 bits per heavy atom. The minimum atomic E-state index is -0.126. The molecular weight excluding hydrogens is 270 g/mol. The van der Waals surface area contributed by atoms with Gasteiger partial charge >= 0.3 is 0 Å². The van der Waals surface area contributed by atoms with Gasteiger partial charge in [-0.25, -0.2) is 0 Å². The first-order valence-corrected chi connectivity index (χ1v) is 6.03. The average Bonchev–Trinajstić information content (AvgIpc) is 2.37. The van der Waals surface area contributed by atoms with Gasteiger partial charge in [-0.1, -0.05) is 13.0 Å². The molecule has 1 aliphatic heterocycles. The number of hydrogen-bond donors (Lipinski definition) is 1. The average molecular weight is 284 g/mol. The summed E-state index contributed by atoms with van der Waals surface area (Å²) in [6.45, 7) is 6.26. The van der Waals surface area contributed by atoms with E-state index in [-0.39, 0.29) is 11.8 Å². The highest BCUT2D eigenvalue weighted by Crippen LogP contribution is 2.40. The number of rotatable bonds is 0. The predicted octanol–water partition coefficient (Wildman–Crippen LogP) is 3.03. The molecule has 3 nitrogen and oxygen atoms in total. The van der Waals surface area contributed by atoms with Gasteiger partial charge < -0.3 is 10.1 Å². The smallest absolute Gasteiger partial charge is 0.230 e. The third kappa shape index (κ3) is 1.82. The largest absolute Gasteiger partial charge is 0.489 e. The summed E-state index contributed by atoms with van der Waals surface area (Å²) in [6.07, 6.45) is 0. The SMILES string of the molecule is Cc1cc(C)c2c(c1Br)OCC(C)C(=O)N2. The maximum absolute atomic E-state index is 11.7. The number of anilines is 1. The number of carbonyl (C=O) groups is 1. The quantitative estimate of drug-likeness (QED) is 0.795. The zero-order valence-electron chi connectivity index (χ0n) is 9.56. The highest BCUT2D eigenvalue weighted by atomic mass is 79.9. The van der Waals surface area contributed by atoms with E-state index in [1.54, 1.807) is 0 Å². The molecule has 1 atom stereocenters. The van der Waals surface area contributed by atoms with Gasteiger partial charge in [-0.2, -0.15) is 0 Å². The number of carbonyl (C=O) groups excluding carboxylic acids is 1. The van der Waals surface area contributed by atoms with Crippen LogP contribution >= 0.6 is 15.9 Å². The van der Waals surface area contributed by atoms with Crippen molar-refractivity contribution in [3.8, 4) is 5.75 Å². The Bertz CT molecular complexity index is 457. The van der Waals surface area contributed by atoms with E-state index in [9.17, 15) is 4.79 Å². The number of aryl methyl sites for hydroxylation is 2. The van der Waals surface area contributed by atoms with Crippen LogP contribution in [-0.4, -0.2) is 12.5 Å². The van der Waals surface area contributed by atoms with Crippen LogP contribution in [0.3, 0.4) is 0 Å². The van der Waals surface area contributed by atoms with Gasteiger partial charge in [-0.15, -0.1) is 0 Å². The van der Waals surface area contributed by atoms with E-state index < -0.39 is 0 Å². The van der Waals surface area contributed by atoms with Gasteiger partial charge in [0.05, 0.1) is 22.7 Å². The van der Waals surface area contributed by atoms with Crippen LogP contribution in [0.5, 0.6) is 5.75 Å². The maximum Gasteiger partial charge on any atom is 0.230 e. The summed E-state index contributed by atoms with van der Waals surface area (Å²) in [4.78, 5) is 11.7. The minimum absolute atomic E-state index is 0.0117. The highest BCUT2D eigenvalue weighted by Gasteiger charge is 2.24. The maximum atomic E-state index is 11.7. The summed E-state index contributed by atoms with van der Waals surface area (Å²) in [6, 6.07) is 2.03. The second kappa shape index (κ2) is 4.09. The zero-order valence-corrected chi connectivity index (χ0v) is 11.1. The van der Waals surface area contributed by atoms with Crippen molar-refractivity contribution in [2.75, 3.05) is 11.9 Å². The van der Waals surface area contributed by atoms with Crippen molar-refractivity contribution in [1.29, 1.82) is 0 Å². The molecular formula is C12H14BrNO2. The molecule has 16 heavy (non-hydrogen) atoms. The van der Waals surface area contributed by atoms with Gasteiger partial charge in [0.1, 0.15) is 0 Å². The third-order valence-electron chi connectivity index (χ3n) is 2.77. The van der Waals surface area contributed by atoms with E-state index in [1.807, 2.05) is 26.8 Å². The Labute approximate surface area is 103 Å². The van der Waals surface area contributed by atoms with Crippen molar-refractivity contribution in [2.45, 2.75) is 20.8 Å². The summed E-state index contributed by atoms with van der Waals surface area (Å²) in [7, 11) is 0.